The number of ether oxygens (including phenoxy) is 1. The van der Waals surface area contributed by atoms with Crippen LogP contribution in [0.15, 0.2) is 17.5 Å². The van der Waals surface area contributed by atoms with Crippen molar-refractivity contribution in [2.75, 3.05) is 25.5 Å². The number of hydrogen-bond acceptors (Lipinski definition) is 7. The molecule has 2 bridgehead atoms. The van der Waals surface area contributed by atoms with Crippen molar-refractivity contribution in [1.82, 2.24) is 25.4 Å². The fraction of sp³-hybridized carbons (Fsp3) is 0.500. The average molecular weight is 475 g/mol. The molecule has 2 saturated heterocycles. The maximum absolute atomic E-state index is 13.6. The Morgan fingerprint density at radius 1 is 1.28 bits per heavy atom. The Hall–Kier alpha value is -2.20. The van der Waals surface area contributed by atoms with Gasteiger partial charge in [-0.2, -0.15) is 5.10 Å². The SMILES string of the molecule is COCc1c(C(=O)N2CC3CCC(C2)N3)nc(Nc2cc(C3CC3)[nH]n2)c2ccsc12.Cl. The third-order valence-corrected chi connectivity index (χ3v) is 7.53. The maximum Gasteiger partial charge on any atom is 0.273 e. The fourth-order valence-corrected chi connectivity index (χ4v) is 5.79. The molecule has 32 heavy (non-hydrogen) atoms. The Labute approximate surface area is 196 Å². The molecule has 8 nitrogen and oxygen atoms in total. The van der Waals surface area contributed by atoms with E-state index >= 15 is 0 Å². The van der Waals surface area contributed by atoms with E-state index in [0.717, 1.165) is 53.1 Å². The van der Waals surface area contributed by atoms with Crippen LogP contribution < -0.4 is 10.6 Å². The Balaban J connectivity index is 0.00000216. The van der Waals surface area contributed by atoms with Gasteiger partial charge in [-0.15, -0.1) is 23.7 Å². The molecule has 0 spiro atoms. The molecule has 1 amide bonds. The molecule has 2 atom stereocenters. The first-order valence-electron chi connectivity index (χ1n) is 11.0. The van der Waals surface area contributed by atoms with Crippen molar-refractivity contribution in [3.8, 4) is 0 Å². The van der Waals surface area contributed by atoms with Gasteiger partial charge in [0.1, 0.15) is 11.5 Å². The minimum absolute atomic E-state index is 0. The molecule has 10 heteroatoms. The first-order chi connectivity index (χ1) is 15.2. The number of carbonyl (C=O) groups excluding carboxylic acids is 1. The number of anilines is 2. The molecule has 170 valence electrons. The topological polar surface area (TPSA) is 95.2 Å². The number of carbonyl (C=O) groups is 1. The van der Waals surface area contributed by atoms with Crippen molar-refractivity contribution < 1.29 is 9.53 Å². The number of methoxy groups -OCH3 is 1. The number of fused-ring (bicyclic) bond motifs is 3. The Kier molecular flexibility index (Phi) is 5.83. The van der Waals surface area contributed by atoms with Crippen LogP contribution in [-0.4, -0.2) is 58.3 Å². The van der Waals surface area contributed by atoms with Gasteiger partial charge in [0.25, 0.3) is 5.91 Å². The zero-order valence-corrected chi connectivity index (χ0v) is 19.5. The lowest BCUT2D eigenvalue weighted by Gasteiger charge is -2.33. The van der Waals surface area contributed by atoms with Gasteiger partial charge in [-0.3, -0.25) is 9.89 Å². The molecular formula is C22H27ClN6O2S. The number of aromatic amines is 1. The number of likely N-dealkylation sites (tertiary alicyclic amines) is 1. The molecule has 0 radical (unpaired) electrons. The maximum atomic E-state index is 13.6. The van der Waals surface area contributed by atoms with E-state index in [4.69, 9.17) is 9.72 Å². The normalized spacial score (nSPS) is 22.2. The molecule has 2 aliphatic heterocycles. The molecular weight excluding hydrogens is 448 g/mol. The quantitative estimate of drug-likeness (QED) is 0.503. The smallest absolute Gasteiger partial charge is 0.273 e. The second-order valence-corrected chi connectivity index (χ2v) is 9.76. The van der Waals surface area contributed by atoms with Gasteiger partial charge in [-0.1, -0.05) is 0 Å². The lowest BCUT2D eigenvalue weighted by Crippen LogP contribution is -2.53. The van der Waals surface area contributed by atoms with Crippen LogP contribution in [0.3, 0.4) is 0 Å². The number of thiophene rings is 1. The van der Waals surface area contributed by atoms with Crippen molar-refractivity contribution in [3.63, 3.8) is 0 Å². The third kappa shape index (κ3) is 3.87. The highest BCUT2D eigenvalue weighted by atomic mass is 35.5. The molecule has 3 fully saturated rings. The van der Waals surface area contributed by atoms with Crippen molar-refractivity contribution in [3.05, 3.63) is 34.5 Å². The highest BCUT2D eigenvalue weighted by Crippen LogP contribution is 2.40. The molecule has 1 aliphatic carbocycles. The van der Waals surface area contributed by atoms with Gasteiger partial charge in [0.15, 0.2) is 5.82 Å². The highest BCUT2D eigenvalue weighted by molar-refractivity contribution is 7.17. The number of aromatic nitrogens is 3. The third-order valence-electron chi connectivity index (χ3n) is 6.56. The number of rotatable bonds is 6. The average Bonchev–Trinajstić information content (AvgIpc) is 3.17. The van der Waals surface area contributed by atoms with Crippen LogP contribution in [0.2, 0.25) is 0 Å². The largest absolute Gasteiger partial charge is 0.380 e. The van der Waals surface area contributed by atoms with E-state index in [2.05, 4.69) is 26.9 Å². The Morgan fingerprint density at radius 3 is 2.78 bits per heavy atom. The lowest BCUT2D eigenvalue weighted by atomic mass is 10.1. The minimum atomic E-state index is -0.00972. The highest BCUT2D eigenvalue weighted by Gasteiger charge is 2.36. The summed E-state index contributed by atoms with van der Waals surface area (Å²) in [5.41, 5.74) is 2.51. The fourth-order valence-electron chi connectivity index (χ4n) is 4.86. The standard InChI is InChI=1S/C22H26N6O2S.ClH/c1-30-11-16-19(22(29)28-9-13-4-5-14(10-28)23-13)25-21(15-6-7-31-20(15)16)24-18-8-17(26-27-18)12-2-3-12;/h6-8,12-14,23H,2-5,9-11H2,1H3,(H2,24,25,26,27);1H. The molecule has 5 heterocycles. The zero-order valence-electron chi connectivity index (χ0n) is 17.9. The molecule has 3 N–H and O–H groups in total. The van der Waals surface area contributed by atoms with Crippen LogP contribution in [-0.2, 0) is 11.3 Å². The van der Waals surface area contributed by atoms with E-state index in [9.17, 15) is 4.79 Å². The number of nitrogens with one attached hydrogen (secondary N) is 3. The summed E-state index contributed by atoms with van der Waals surface area (Å²) in [6.45, 7) is 1.83. The molecule has 1 saturated carbocycles. The monoisotopic (exact) mass is 474 g/mol. The summed E-state index contributed by atoms with van der Waals surface area (Å²) in [6.07, 6.45) is 4.69. The van der Waals surface area contributed by atoms with Crippen LogP contribution in [0, 0.1) is 0 Å². The summed E-state index contributed by atoms with van der Waals surface area (Å²) < 4.78 is 6.52. The number of halogens is 1. The first kappa shape index (κ1) is 21.6. The number of amides is 1. The van der Waals surface area contributed by atoms with E-state index in [-0.39, 0.29) is 18.3 Å². The Bertz CT molecular complexity index is 1130. The molecule has 3 aliphatic rings. The van der Waals surface area contributed by atoms with E-state index in [1.165, 1.54) is 12.8 Å². The second kappa shape index (κ2) is 8.62. The Morgan fingerprint density at radius 2 is 2.06 bits per heavy atom. The van der Waals surface area contributed by atoms with Crippen LogP contribution in [0.4, 0.5) is 11.6 Å². The zero-order chi connectivity index (χ0) is 20.9. The summed E-state index contributed by atoms with van der Waals surface area (Å²) in [7, 11) is 1.66. The van der Waals surface area contributed by atoms with E-state index in [0.29, 0.717) is 36.1 Å². The van der Waals surface area contributed by atoms with E-state index < -0.39 is 0 Å². The number of hydrogen-bond donors (Lipinski definition) is 3. The summed E-state index contributed by atoms with van der Waals surface area (Å²) in [6, 6.07) is 4.88. The lowest BCUT2D eigenvalue weighted by molar-refractivity contribution is 0.0687. The van der Waals surface area contributed by atoms with Gasteiger partial charge in [0.2, 0.25) is 0 Å². The van der Waals surface area contributed by atoms with Crippen molar-refractivity contribution in [2.24, 2.45) is 0 Å². The van der Waals surface area contributed by atoms with Gasteiger partial charge >= 0.3 is 0 Å². The predicted octanol–water partition coefficient (Wildman–Crippen LogP) is 3.79. The summed E-state index contributed by atoms with van der Waals surface area (Å²) in [4.78, 5) is 20.4. The predicted molar refractivity (Wildman–Crippen MR) is 127 cm³/mol. The molecule has 2 unspecified atom stereocenters. The number of piperazine rings is 1. The van der Waals surface area contributed by atoms with Gasteiger partial charge in [0, 0.05) is 65.6 Å². The number of H-pyrrole nitrogens is 1. The van der Waals surface area contributed by atoms with Gasteiger partial charge in [-0.25, -0.2) is 4.98 Å². The second-order valence-electron chi connectivity index (χ2n) is 8.84. The van der Waals surface area contributed by atoms with E-state index in [1.807, 2.05) is 16.3 Å². The molecule has 6 rings (SSSR count). The minimum Gasteiger partial charge on any atom is -0.380 e. The summed E-state index contributed by atoms with van der Waals surface area (Å²) in [5.74, 6) is 2.00. The van der Waals surface area contributed by atoms with Crippen LogP contribution in [0.5, 0.6) is 0 Å². The van der Waals surface area contributed by atoms with Gasteiger partial charge < -0.3 is 20.3 Å². The van der Waals surface area contributed by atoms with Crippen LogP contribution in [0.1, 0.15) is 53.3 Å². The van der Waals surface area contributed by atoms with Gasteiger partial charge in [-0.05, 0) is 37.1 Å². The van der Waals surface area contributed by atoms with Gasteiger partial charge in [0.05, 0.1) is 6.61 Å². The molecule has 0 aromatic carbocycles. The molecule has 3 aromatic heterocycles. The van der Waals surface area contributed by atoms with E-state index in [1.54, 1.807) is 18.4 Å². The van der Waals surface area contributed by atoms with Crippen molar-refractivity contribution in [2.45, 2.75) is 50.3 Å². The summed E-state index contributed by atoms with van der Waals surface area (Å²) >= 11 is 1.62. The number of pyridine rings is 1. The van der Waals surface area contributed by atoms with Crippen molar-refractivity contribution >= 4 is 51.4 Å². The summed E-state index contributed by atoms with van der Waals surface area (Å²) in [5, 5.41) is 17.5. The first-order valence-corrected chi connectivity index (χ1v) is 11.8. The van der Waals surface area contributed by atoms with Crippen LogP contribution >= 0.6 is 23.7 Å². The molecule has 3 aromatic rings. The number of nitrogens with zero attached hydrogens (tertiary/aromatic N) is 3. The van der Waals surface area contributed by atoms with Crippen LogP contribution in [0.25, 0.3) is 10.1 Å². The van der Waals surface area contributed by atoms with Crippen molar-refractivity contribution in [1.29, 1.82) is 0 Å².